The van der Waals surface area contributed by atoms with E-state index in [1.165, 1.54) is 89.0 Å². The van der Waals surface area contributed by atoms with E-state index >= 15 is 0 Å². The molecule has 1 aromatic rings. The zero-order valence-electron chi connectivity index (χ0n) is 21.9. The fourth-order valence-corrected chi connectivity index (χ4v) is 6.91. The van der Waals surface area contributed by atoms with Gasteiger partial charge in [0.15, 0.2) is 0 Å². The third-order valence-electron chi connectivity index (χ3n) is 7.49. The Balaban J connectivity index is 1.59. The van der Waals surface area contributed by atoms with Gasteiger partial charge in [-0.25, -0.2) is 0 Å². The Hall–Kier alpha value is -0.883. The summed E-state index contributed by atoms with van der Waals surface area (Å²) in [6.07, 6.45) is 19.2. The van der Waals surface area contributed by atoms with Gasteiger partial charge in [0.2, 0.25) is 0 Å². The monoisotopic (exact) mass is 478 g/mol. The van der Waals surface area contributed by atoms with Crippen LogP contribution >= 0.6 is 0 Å². The number of rotatable bonds is 18. The molecule has 1 aliphatic carbocycles. The smallest absolute Gasteiger partial charge is 0.494 e. The molecule has 1 fully saturated rings. The van der Waals surface area contributed by atoms with Crippen LogP contribution < -0.4 is 4.74 Å². The molecule has 0 radical (unpaired) electrons. The Labute approximate surface area is 205 Å². The third-order valence-corrected chi connectivity index (χ3v) is 10.3. The maximum absolute atomic E-state index is 5.94. The minimum absolute atomic E-state index is 0.647. The van der Waals surface area contributed by atoms with Gasteiger partial charge < -0.3 is 18.0 Å². The molecule has 0 amide bonds. The molecular weight excluding hydrogens is 428 g/mol. The number of hydrogen-bond donors (Lipinski definition) is 0. The average Bonchev–Trinajstić information content (AvgIpc) is 2.87. The zero-order valence-corrected chi connectivity index (χ0v) is 22.9. The van der Waals surface area contributed by atoms with Crippen molar-refractivity contribution in [2.45, 2.75) is 109 Å². The number of ether oxygens (including phenoxy) is 1. The molecule has 5 heteroatoms. The van der Waals surface area contributed by atoms with Gasteiger partial charge in [-0.3, -0.25) is 0 Å². The molecule has 0 unspecified atom stereocenters. The first kappa shape index (κ1) is 28.4. The van der Waals surface area contributed by atoms with E-state index in [9.17, 15) is 0 Å². The summed E-state index contributed by atoms with van der Waals surface area (Å²) in [7, 11) is 2.47. The van der Waals surface area contributed by atoms with Crippen molar-refractivity contribution in [2.75, 3.05) is 27.9 Å². The SMILES string of the molecule is CCCCCCCCCCC1CCC(c2ccc(OCCC[Si](OC)(OC)OC)cc2)CC1. The van der Waals surface area contributed by atoms with E-state index in [-0.39, 0.29) is 0 Å². The topological polar surface area (TPSA) is 36.9 Å². The van der Waals surface area contributed by atoms with Crippen molar-refractivity contribution in [3.63, 3.8) is 0 Å². The van der Waals surface area contributed by atoms with Gasteiger partial charge in [0, 0.05) is 27.4 Å². The van der Waals surface area contributed by atoms with E-state index in [1.54, 1.807) is 21.3 Å². The number of unbranched alkanes of at least 4 members (excludes halogenated alkanes) is 7. The van der Waals surface area contributed by atoms with E-state index in [2.05, 4.69) is 31.2 Å². The quantitative estimate of drug-likeness (QED) is 0.158. The van der Waals surface area contributed by atoms with E-state index in [0.717, 1.165) is 30.1 Å². The van der Waals surface area contributed by atoms with Crippen LogP contribution in [0.3, 0.4) is 0 Å². The predicted molar refractivity (Wildman–Crippen MR) is 140 cm³/mol. The summed E-state index contributed by atoms with van der Waals surface area (Å²) >= 11 is 0. The van der Waals surface area contributed by atoms with Crippen LogP contribution in [-0.4, -0.2) is 36.7 Å². The fourth-order valence-electron chi connectivity index (χ4n) is 5.22. The summed E-state index contributed by atoms with van der Waals surface area (Å²) < 4.78 is 22.3. The lowest BCUT2D eigenvalue weighted by Gasteiger charge is -2.29. The molecule has 1 aliphatic rings. The lowest BCUT2D eigenvalue weighted by atomic mass is 9.77. The summed E-state index contributed by atoms with van der Waals surface area (Å²) in [5.74, 6) is 2.64. The van der Waals surface area contributed by atoms with Crippen LogP contribution in [-0.2, 0) is 13.3 Å². The minimum atomic E-state index is -2.49. The van der Waals surface area contributed by atoms with Crippen molar-refractivity contribution in [1.29, 1.82) is 0 Å². The second-order valence-electron chi connectivity index (χ2n) is 9.80. The van der Waals surface area contributed by atoms with E-state index < -0.39 is 8.80 Å². The Morgan fingerprint density at radius 3 is 1.88 bits per heavy atom. The first-order valence-electron chi connectivity index (χ1n) is 13.5. The largest absolute Gasteiger partial charge is 0.500 e. The Kier molecular flexibility index (Phi) is 14.3. The van der Waals surface area contributed by atoms with E-state index in [4.69, 9.17) is 18.0 Å². The van der Waals surface area contributed by atoms with Crippen LogP contribution in [0.2, 0.25) is 6.04 Å². The highest BCUT2D eigenvalue weighted by Crippen LogP contribution is 2.38. The highest BCUT2D eigenvalue weighted by molar-refractivity contribution is 6.60. The molecular formula is C28H50O4Si. The summed E-state index contributed by atoms with van der Waals surface area (Å²) in [6.45, 7) is 2.94. The molecule has 0 atom stereocenters. The van der Waals surface area contributed by atoms with Gasteiger partial charge in [-0.2, -0.15) is 0 Å². The van der Waals surface area contributed by atoms with E-state index in [0.29, 0.717) is 6.61 Å². The van der Waals surface area contributed by atoms with Gasteiger partial charge in [-0.15, -0.1) is 0 Å². The van der Waals surface area contributed by atoms with Crippen molar-refractivity contribution < 1.29 is 18.0 Å². The van der Waals surface area contributed by atoms with Gasteiger partial charge in [-0.05, 0) is 61.6 Å². The van der Waals surface area contributed by atoms with Crippen LogP contribution in [0.15, 0.2) is 24.3 Å². The van der Waals surface area contributed by atoms with Crippen LogP contribution in [0.25, 0.3) is 0 Å². The van der Waals surface area contributed by atoms with Crippen LogP contribution in [0.5, 0.6) is 5.75 Å². The highest BCUT2D eigenvalue weighted by atomic mass is 28.4. The minimum Gasteiger partial charge on any atom is -0.494 e. The molecule has 2 rings (SSSR count). The maximum Gasteiger partial charge on any atom is 0.500 e. The van der Waals surface area contributed by atoms with E-state index in [1.807, 2.05) is 0 Å². The Bertz CT molecular complexity index is 586. The molecule has 1 saturated carbocycles. The molecule has 4 nitrogen and oxygen atoms in total. The van der Waals surface area contributed by atoms with Crippen molar-refractivity contribution in [1.82, 2.24) is 0 Å². The highest BCUT2D eigenvalue weighted by Gasteiger charge is 2.36. The summed E-state index contributed by atoms with van der Waals surface area (Å²) in [5.41, 5.74) is 1.48. The van der Waals surface area contributed by atoms with Gasteiger partial charge in [0.05, 0.1) is 6.61 Å². The first-order valence-corrected chi connectivity index (χ1v) is 15.5. The molecule has 0 aliphatic heterocycles. The van der Waals surface area contributed by atoms with Crippen molar-refractivity contribution in [3.8, 4) is 5.75 Å². The molecule has 0 spiro atoms. The average molecular weight is 479 g/mol. The number of hydrogen-bond acceptors (Lipinski definition) is 4. The Morgan fingerprint density at radius 1 is 0.727 bits per heavy atom. The molecule has 1 aromatic carbocycles. The molecule has 0 bridgehead atoms. The first-order chi connectivity index (χ1) is 16.2. The molecule has 0 heterocycles. The number of benzene rings is 1. The molecule has 190 valence electrons. The zero-order chi connectivity index (χ0) is 23.8. The second kappa shape index (κ2) is 16.7. The Morgan fingerprint density at radius 2 is 1.30 bits per heavy atom. The molecule has 0 saturated heterocycles. The lowest BCUT2D eigenvalue weighted by molar-refractivity contribution is 0.121. The van der Waals surface area contributed by atoms with Gasteiger partial charge in [-0.1, -0.05) is 76.8 Å². The molecule has 33 heavy (non-hydrogen) atoms. The lowest BCUT2D eigenvalue weighted by Crippen LogP contribution is -2.42. The third kappa shape index (κ3) is 10.5. The van der Waals surface area contributed by atoms with Gasteiger partial charge in [0.25, 0.3) is 0 Å². The summed E-state index contributed by atoms with van der Waals surface area (Å²) in [4.78, 5) is 0. The van der Waals surface area contributed by atoms with Gasteiger partial charge in [0.1, 0.15) is 5.75 Å². The second-order valence-corrected chi connectivity index (χ2v) is 12.9. The fraction of sp³-hybridized carbons (Fsp3) is 0.786. The molecule has 0 N–H and O–H groups in total. The summed E-state index contributed by atoms with van der Waals surface area (Å²) in [5, 5.41) is 0. The van der Waals surface area contributed by atoms with Gasteiger partial charge >= 0.3 is 8.80 Å². The van der Waals surface area contributed by atoms with Crippen LogP contribution in [0.4, 0.5) is 0 Å². The van der Waals surface area contributed by atoms with Crippen molar-refractivity contribution in [3.05, 3.63) is 29.8 Å². The summed E-state index contributed by atoms with van der Waals surface area (Å²) in [6, 6.07) is 9.58. The normalized spacial score (nSPS) is 19.0. The van der Waals surface area contributed by atoms with Crippen molar-refractivity contribution in [2.24, 2.45) is 5.92 Å². The van der Waals surface area contributed by atoms with Crippen LogP contribution in [0, 0.1) is 5.92 Å². The van der Waals surface area contributed by atoms with Crippen LogP contribution in [0.1, 0.15) is 108 Å². The standard InChI is InChI=1S/C28H50O4Si/c1-5-6-7-8-9-10-11-12-14-25-15-17-26(18-16-25)27-19-21-28(22-20-27)32-23-13-24-33(29-2,30-3)31-4/h19-22,25-26H,5-18,23-24H2,1-4H3. The predicted octanol–water partition coefficient (Wildman–Crippen LogP) is 8.14. The maximum atomic E-state index is 5.94. The molecule has 0 aromatic heterocycles. The van der Waals surface area contributed by atoms with Crippen molar-refractivity contribution >= 4 is 8.80 Å².